The molecule has 9 heteroatoms. The first-order chi connectivity index (χ1) is 15.9. The van der Waals surface area contributed by atoms with Crippen molar-refractivity contribution in [3.05, 3.63) is 54.0 Å². The molecule has 0 unspecified atom stereocenters. The van der Waals surface area contributed by atoms with Crippen molar-refractivity contribution in [3.63, 3.8) is 0 Å². The predicted octanol–water partition coefficient (Wildman–Crippen LogP) is 3.69. The van der Waals surface area contributed by atoms with E-state index >= 15 is 0 Å². The number of anilines is 1. The number of urea groups is 1. The fourth-order valence-corrected chi connectivity index (χ4v) is 4.84. The number of rotatable bonds is 5. The number of aromatic nitrogens is 2. The Hall–Kier alpha value is -2.81. The van der Waals surface area contributed by atoms with Crippen molar-refractivity contribution in [1.82, 2.24) is 25.1 Å². The van der Waals surface area contributed by atoms with E-state index in [-0.39, 0.29) is 29.9 Å². The van der Waals surface area contributed by atoms with E-state index in [1.807, 2.05) is 29.7 Å². The van der Waals surface area contributed by atoms with Crippen LogP contribution in [0, 0.1) is 0 Å². The number of nitrogens with zero attached hydrogens (tertiary/aromatic N) is 5. The Morgan fingerprint density at radius 1 is 1.06 bits per heavy atom. The molecule has 2 amide bonds. The monoisotopic (exact) mass is 458 g/mol. The summed E-state index contributed by atoms with van der Waals surface area (Å²) < 4.78 is 25.5. The SMILES string of the molecule is C[C@@H]1CN(c2cnc(C(F)F)cn2)C[C@@H](C)N1C(=O)NC1CCN(Cc2ccccc2)CC1. The first-order valence-corrected chi connectivity index (χ1v) is 11.6. The molecule has 33 heavy (non-hydrogen) atoms. The maximum Gasteiger partial charge on any atom is 0.318 e. The topological polar surface area (TPSA) is 64.6 Å². The Kier molecular flexibility index (Phi) is 7.37. The standard InChI is InChI=1S/C24H32F2N6O/c1-17-14-31(22-13-27-21(12-28-22)23(25)26)15-18(2)32(17)24(33)29-20-8-10-30(11-9-20)16-19-6-4-3-5-7-19/h3-7,12-13,17-18,20,23H,8-11,14-16H2,1-2H3,(H,29,33)/t17-,18-/m1/s1. The molecule has 2 atom stereocenters. The number of piperidine rings is 1. The van der Waals surface area contributed by atoms with Gasteiger partial charge in [-0.05, 0) is 32.3 Å². The number of hydrogen-bond donors (Lipinski definition) is 1. The number of alkyl halides is 2. The highest BCUT2D eigenvalue weighted by Gasteiger charge is 2.34. The minimum absolute atomic E-state index is 0.0321. The fourth-order valence-electron chi connectivity index (χ4n) is 4.84. The summed E-state index contributed by atoms with van der Waals surface area (Å²) >= 11 is 0. The van der Waals surface area contributed by atoms with Crippen LogP contribution in [0.5, 0.6) is 0 Å². The average molecular weight is 459 g/mol. The van der Waals surface area contributed by atoms with Gasteiger partial charge in [-0.25, -0.2) is 23.5 Å². The van der Waals surface area contributed by atoms with Gasteiger partial charge in [-0.2, -0.15) is 0 Å². The van der Waals surface area contributed by atoms with Gasteiger partial charge in [-0.15, -0.1) is 0 Å². The van der Waals surface area contributed by atoms with Crippen LogP contribution < -0.4 is 10.2 Å². The Bertz CT molecular complexity index is 893. The number of carbonyl (C=O) groups is 1. The van der Waals surface area contributed by atoms with Gasteiger partial charge in [0.2, 0.25) is 0 Å². The first kappa shape index (κ1) is 23.4. The number of carbonyl (C=O) groups excluding carboxylic acids is 1. The van der Waals surface area contributed by atoms with Crippen molar-refractivity contribution >= 4 is 11.8 Å². The van der Waals surface area contributed by atoms with Gasteiger partial charge in [0, 0.05) is 50.8 Å². The quantitative estimate of drug-likeness (QED) is 0.741. The molecule has 1 aromatic heterocycles. The molecule has 0 spiro atoms. The van der Waals surface area contributed by atoms with E-state index < -0.39 is 6.43 Å². The molecule has 0 bridgehead atoms. The lowest BCUT2D eigenvalue weighted by Crippen LogP contribution is -2.62. The normalized spacial score (nSPS) is 22.6. The van der Waals surface area contributed by atoms with E-state index in [0.717, 1.165) is 38.7 Å². The van der Waals surface area contributed by atoms with Crippen LogP contribution in [0.1, 0.15) is 44.4 Å². The van der Waals surface area contributed by atoms with E-state index in [9.17, 15) is 13.6 Å². The first-order valence-electron chi connectivity index (χ1n) is 11.6. The van der Waals surface area contributed by atoms with Crippen LogP contribution in [0.4, 0.5) is 19.4 Å². The second-order valence-corrected chi connectivity index (χ2v) is 9.10. The maximum atomic E-state index is 13.1. The van der Waals surface area contributed by atoms with Crippen LogP contribution in [0.2, 0.25) is 0 Å². The number of hydrogen-bond acceptors (Lipinski definition) is 5. The van der Waals surface area contributed by atoms with Gasteiger partial charge < -0.3 is 15.1 Å². The number of piperazine rings is 1. The lowest BCUT2D eigenvalue weighted by Gasteiger charge is -2.45. The summed E-state index contributed by atoms with van der Waals surface area (Å²) in [4.78, 5) is 27.4. The van der Waals surface area contributed by atoms with E-state index in [1.165, 1.54) is 11.8 Å². The maximum absolute atomic E-state index is 13.1. The Balaban J connectivity index is 1.27. The molecule has 1 aromatic carbocycles. The van der Waals surface area contributed by atoms with Gasteiger partial charge in [0.1, 0.15) is 11.5 Å². The van der Waals surface area contributed by atoms with Crippen LogP contribution >= 0.6 is 0 Å². The van der Waals surface area contributed by atoms with Gasteiger partial charge in [-0.1, -0.05) is 30.3 Å². The zero-order chi connectivity index (χ0) is 23.4. The summed E-state index contributed by atoms with van der Waals surface area (Å²) in [6.07, 6.45) is 1.76. The predicted molar refractivity (Wildman–Crippen MR) is 123 cm³/mol. The summed E-state index contributed by atoms with van der Waals surface area (Å²) in [6, 6.07) is 10.5. The van der Waals surface area contributed by atoms with Crippen LogP contribution in [-0.4, -0.2) is 70.1 Å². The molecule has 2 aromatic rings. The smallest absolute Gasteiger partial charge is 0.318 e. The van der Waals surface area contributed by atoms with Gasteiger partial charge in [0.05, 0.1) is 12.4 Å². The van der Waals surface area contributed by atoms with Crippen LogP contribution in [-0.2, 0) is 6.54 Å². The summed E-state index contributed by atoms with van der Waals surface area (Å²) in [5.41, 5.74) is 0.988. The lowest BCUT2D eigenvalue weighted by atomic mass is 10.0. The number of nitrogens with one attached hydrogen (secondary N) is 1. The second kappa shape index (κ2) is 10.4. The number of benzene rings is 1. The minimum atomic E-state index is -2.63. The van der Waals surface area contributed by atoms with Crippen molar-refractivity contribution in [1.29, 1.82) is 0 Å². The molecule has 7 nitrogen and oxygen atoms in total. The molecule has 3 heterocycles. The van der Waals surface area contributed by atoms with Crippen molar-refractivity contribution in [2.75, 3.05) is 31.1 Å². The zero-order valence-corrected chi connectivity index (χ0v) is 19.2. The molecule has 0 radical (unpaired) electrons. The summed E-state index contributed by atoms with van der Waals surface area (Å²) in [5.74, 6) is 0.559. The van der Waals surface area contributed by atoms with E-state index in [0.29, 0.717) is 18.9 Å². The molecule has 0 aliphatic carbocycles. The molecule has 2 saturated heterocycles. The third-order valence-electron chi connectivity index (χ3n) is 6.52. The zero-order valence-electron chi connectivity index (χ0n) is 19.2. The third-order valence-corrected chi connectivity index (χ3v) is 6.52. The van der Waals surface area contributed by atoms with Crippen LogP contribution in [0.15, 0.2) is 42.7 Å². The van der Waals surface area contributed by atoms with Crippen molar-refractivity contribution in [2.24, 2.45) is 0 Å². The van der Waals surface area contributed by atoms with Gasteiger partial charge in [0.15, 0.2) is 0 Å². The molecule has 2 aliphatic rings. The molecule has 2 aliphatic heterocycles. The van der Waals surface area contributed by atoms with Crippen molar-refractivity contribution in [3.8, 4) is 0 Å². The number of amides is 2. The Labute approximate surface area is 193 Å². The van der Waals surface area contributed by atoms with Crippen LogP contribution in [0.3, 0.4) is 0 Å². The molecule has 2 fully saturated rings. The number of likely N-dealkylation sites (tertiary alicyclic amines) is 1. The highest BCUT2D eigenvalue weighted by molar-refractivity contribution is 5.75. The number of halogens is 2. The molecule has 178 valence electrons. The Morgan fingerprint density at radius 3 is 2.30 bits per heavy atom. The molecular formula is C24H32F2N6O. The average Bonchev–Trinajstić information content (AvgIpc) is 2.80. The lowest BCUT2D eigenvalue weighted by molar-refractivity contribution is 0.130. The fraction of sp³-hybridized carbons (Fsp3) is 0.542. The van der Waals surface area contributed by atoms with E-state index in [1.54, 1.807) is 0 Å². The molecular weight excluding hydrogens is 426 g/mol. The van der Waals surface area contributed by atoms with E-state index in [2.05, 4.69) is 44.5 Å². The van der Waals surface area contributed by atoms with E-state index in [4.69, 9.17) is 0 Å². The van der Waals surface area contributed by atoms with Crippen molar-refractivity contribution in [2.45, 2.75) is 57.8 Å². The summed E-state index contributed by atoms with van der Waals surface area (Å²) in [5, 5.41) is 3.24. The molecule has 4 rings (SSSR count). The highest BCUT2D eigenvalue weighted by Crippen LogP contribution is 2.23. The molecule has 0 saturated carbocycles. The second-order valence-electron chi connectivity index (χ2n) is 9.10. The highest BCUT2D eigenvalue weighted by atomic mass is 19.3. The Morgan fingerprint density at radius 2 is 1.73 bits per heavy atom. The molecule has 1 N–H and O–H groups in total. The van der Waals surface area contributed by atoms with Gasteiger partial charge in [-0.3, -0.25) is 4.90 Å². The summed E-state index contributed by atoms with van der Waals surface area (Å²) in [6.45, 7) is 8.04. The van der Waals surface area contributed by atoms with Gasteiger partial charge >= 0.3 is 6.03 Å². The third kappa shape index (κ3) is 5.76. The van der Waals surface area contributed by atoms with Gasteiger partial charge in [0.25, 0.3) is 6.43 Å². The summed E-state index contributed by atoms with van der Waals surface area (Å²) in [7, 11) is 0. The van der Waals surface area contributed by atoms with Crippen LogP contribution in [0.25, 0.3) is 0 Å². The minimum Gasteiger partial charge on any atom is -0.351 e. The largest absolute Gasteiger partial charge is 0.351 e. The van der Waals surface area contributed by atoms with Crippen molar-refractivity contribution < 1.29 is 13.6 Å².